The van der Waals surface area contributed by atoms with Crippen molar-refractivity contribution < 1.29 is 0 Å². The minimum Gasteiger partial charge on any atom is -0.134 e. The molecule has 0 nitrogen and oxygen atoms in total. The zero-order valence-corrected chi connectivity index (χ0v) is 24.2. The molecule has 37 heavy (non-hydrogen) atoms. The molecule has 4 heteroatoms. The summed E-state index contributed by atoms with van der Waals surface area (Å²) < 4.78 is 11.5. The first-order valence-corrected chi connectivity index (χ1v) is 16.5. The van der Waals surface area contributed by atoms with Crippen molar-refractivity contribution in [3.8, 4) is 0 Å². The highest BCUT2D eigenvalue weighted by Crippen LogP contribution is 2.48. The van der Waals surface area contributed by atoms with Crippen molar-refractivity contribution >= 4 is 115 Å². The molecule has 0 aliphatic rings. The van der Waals surface area contributed by atoms with Gasteiger partial charge < -0.3 is 0 Å². The zero-order valence-electron chi connectivity index (χ0n) is 20.9. The summed E-state index contributed by atoms with van der Waals surface area (Å²) in [5, 5.41) is 8.42. The standard InChI is InChI=1S/C33H26S4/c1-3-4-5-6-7-19-9-11-23-27(13-19)35-33-25-15-21-16-28-24(14-20(21)17-29(25)37-31(23)33)32-30(36-28)22-10-8-18(2)12-26(22)34-32/h8-17H,3-7H2,1-2H3. The molecule has 0 aliphatic heterocycles. The molecule has 0 bridgehead atoms. The second-order valence-electron chi connectivity index (χ2n) is 10.4. The number of hydrogen-bond acceptors (Lipinski definition) is 4. The van der Waals surface area contributed by atoms with Crippen LogP contribution in [0.2, 0.25) is 0 Å². The lowest BCUT2D eigenvalue weighted by Gasteiger charge is -2.02. The van der Waals surface area contributed by atoms with E-state index in [2.05, 4.69) is 74.5 Å². The van der Waals surface area contributed by atoms with E-state index in [1.807, 2.05) is 45.3 Å². The quantitative estimate of drug-likeness (QED) is 0.187. The number of rotatable bonds is 5. The Morgan fingerprint density at radius 2 is 1.05 bits per heavy atom. The highest BCUT2D eigenvalue weighted by atomic mass is 32.1. The van der Waals surface area contributed by atoms with Gasteiger partial charge >= 0.3 is 0 Å². The number of fused-ring (bicyclic) bond motifs is 11. The molecule has 182 valence electrons. The van der Waals surface area contributed by atoms with Gasteiger partial charge in [0.2, 0.25) is 0 Å². The average molecular weight is 551 g/mol. The Balaban J connectivity index is 1.27. The second kappa shape index (κ2) is 8.51. The first kappa shape index (κ1) is 22.5. The molecular formula is C33H26S4. The van der Waals surface area contributed by atoms with Gasteiger partial charge in [0.25, 0.3) is 0 Å². The van der Waals surface area contributed by atoms with E-state index in [9.17, 15) is 0 Å². The summed E-state index contributed by atoms with van der Waals surface area (Å²) in [5.74, 6) is 0. The highest BCUT2D eigenvalue weighted by molar-refractivity contribution is 7.37. The minimum absolute atomic E-state index is 1.20. The predicted molar refractivity (Wildman–Crippen MR) is 173 cm³/mol. The largest absolute Gasteiger partial charge is 0.134 e. The number of benzene rings is 4. The molecule has 0 amide bonds. The van der Waals surface area contributed by atoms with Gasteiger partial charge in [-0.2, -0.15) is 0 Å². The van der Waals surface area contributed by atoms with Crippen LogP contribution in [-0.4, -0.2) is 0 Å². The lowest BCUT2D eigenvalue weighted by molar-refractivity contribution is 0.667. The van der Waals surface area contributed by atoms with Gasteiger partial charge in [-0.1, -0.05) is 50.5 Å². The Bertz CT molecular complexity index is 2140. The number of unbranched alkanes of at least 4 members (excludes halogenated alkanes) is 3. The third kappa shape index (κ3) is 3.50. The summed E-state index contributed by atoms with van der Waals surface area (Å²) in [5.41, 5.74) is 2.84. The van der Waals surface area contributed by atoms with E-state index in [-0.39, 0.29) is 0 Å². The normalized spacial score (nSPS) is 12.6. The monoisotopic (exact) mass is 550 g/mol. The molecule has 0 atom stereocenters. The highest BCUT2D eigenvalue weighted by Gasteiger charge is 2.16. The van der Waals surface area contributed by atoms with Gasteiger partial charge in [0.1, 0.15) is 0 Å². The minimum atomic E-state index is 1.20. The Hall–Kier alpha value is -2.50. The van der Waals surface area contributed by atoms with Gasteiger partial charge in [-0.05, 0) is 78.1 Å². The first-order valence-electron chi connectivity index (χ1n) is 13.2. The van der Waals surface area contributed by atoms with Gasteiger partial charge in [0.05, 0.1) is 18.8 Å². The molecule has 0 unspecified atom stereocenters. The number of aryl methyl sites for hydroxylation is 2. The molecule has 4 aromatic carbocycles. The van der Waals surface area contributed by atoms with Crippen LogP contribution in [0.1, 0.15) is 43.7 Å². The van der Waals surface area contributed by atoms with Crippen LogP contribution in [-0.2, 0) is 6.42 Å². The molecule has 0 saturated heterocycles. The van der Waals surface area contributed by atoms with E-state index in [0.29, 0.717) is 0 Å². The lowest BCUT2D eigenvalue weighted by atomic mass is 10.0. The summed E-state index contributed by atoms with van der Waals surface area (Å²) in [6, 6.07) is 23.9. The van der Waals surface area contributed by atoms with Crippen molar-refractivity contribution in [3.05, 3.63) is 71.8 Å². The Kier molecular flexibility index (Phi) is 5.17. The fourth-order valence-electron chi connectivity index (χ4n) is 5.82. The van der Waals surface area contributed by atoms with E-state index in [1.165, 1.54) is 113 Å². The summed E-state index contributed by atoms with van der Waals surface area (Å²) in [6.07, 6.45) is 6.50. The zero-order chi connectivity index (χ0) is 24.7. The van der Waals surface area contributed by atoms with Crippen molar-refractivity contribution in [3.63, 3.8) is 0 Å². The maximum atomic E-state index is 2.46. The smallest absolute Gasteiger partial charge is 0.0542 e. The second-order valence-corrected chi connectivity index (χ2v) is 14.6. The fraction of sp³-hybridized carbons (Fsp3) is 0.212. The third-order valence-corrected chi connectivity index (χ3v) is 12.8. The summed E-state index contributed by atoms with van der Waals surface area (Å²) in [4.78, 5) is 0. The Morgan fingerprint density at radius 1 is 0.514 bits per heavy atom. The topological polar surface area (TPSA) is 0 Å². The van der Waals surface area contributed by atoms with Crippen LogP contribution >= 0.6 is 45.3 Å². The molecule has 4 heterocycles. The molecular weight excluding hydrogens is 525 g/mol. The number of thiophene rings is 4. The molecule has 0 spiro atoms. The summed E-state index contributed by atoms with van der Waals surface area (Å²) >= 11 is 7.88. The molecule has 8 rings (SSSR count). The maximum Gasteiger partial charge on any atom is 0.0542 e. The predicted octanol–water partition coefficient (Wildman–Crippen LogP) is 12.4. The van der Waals surface area contributed by atoms with Gasteiger partial charge in [-0.25, -0.2) is 0 Å². The van der Waals surface area contributed by atoms with E-state index < -0.39 is 0 Å². The maximum absolute atomic E-state index is 2.46. The fourth-order valence-corrected chi connectivity index (χ4v) is 11.3. The van der Waals surface area contributed by atoms with Crippen LogP contribution in [0.15, 0.2) is 60.7 Å². The van der Waals surface area contributed by atoms with Crippen molar-refractivity contribution in [1.29, 1.82) is 0 Å². The van der Waals surface area contributed by atoms with Crippen LogP contribution in [0.3, 0.4) is 0 Å². The van der Waals surface area contributed by atoms with Gasteiger partial charge in [0, 0.05) is 40.3 Å². The SMILES string of the molecule is CCCCCCc1ccc2c(c1)sc1c3cc4cc5sc6c7ccc(C)cc7sc6c5cc4cc3sc21. The van der Waals surface area contributed by atoms with Crippen LogP contribution in [0.25, 0.3) is 69.9 Å². The Morgan fingerprint density at radius 3 is 1.68 bits per heavy atom. The van der Waals surface area contributed by atoms with E-state index in [4.69, 9.17) is 0 Å². The lowest BCUT2D eigenvalue weighted by Crippen LogP contribution is -1.85. The van der Waals surface area contributed by atoms with Crippen LogP contribution in [0, 0.1) is 6.92 Å². The molecule has 4 aromatic heterocycles. The van der Waals surface area contributed by atoms with Crippen molar-refractivity contribution in [2.45, 2.75) is 46.0 Å². The van der Waals surface area contributed by atoms with Crippen molar-refractivity contribution in [1.82, 2.24) is 0 Å². The first-order chi connectivity index (χ1) is 18.2. The van der Waals surface area contributed by atoms with Gasteiger partial charge in [0.15, 0.2) is 0 Å². The van der Waals surface area contributed by atoms with Crippen LogP contribution in [0.5, 0.6) is 0 Å². The van der Waals surface area contributed by atoms with E-state index in [1.54, 1.807) is 0 Å². The van der Waals surface area contributed by atoms with Crippen LogP contribution in [0.4, 0.5) is 0 Å². The van der Waals surface area contributed by atoms with Gasteiger partial charge in [-0.3, -0.25) is 0 Å². The number of hydrogen-bond donors (Lipinski definition) is 0. The van der Waals surface area contributed by atoms with Crippen molar-refractivity contribution in [2.24, 2.45) is 0 Å². The summed E-state index contributed by atoms with van der Waals surface area (Å²) in [7, 11) is 0. The summed E-state index contributed by atoms with van der Waals surface area (Å²) in [6.45, 7) is 4.47. The molecule has 0 radical (unpaired) electrons. The van der Waals surface area contributed by atoms with Crippen LogP contribution < -0.4 is 0 Å². The van der Waals surface area contributed by atoms with Crippen molar-refractivity contribution in [2.75, 3.05) is 0 Å². The van der Waals surface area contributed by atoms with E-state index in [0.717, 1.165) is 0 Å². The Labute approximate surface area is 231 Å². The van der Waals surface area contributed by atoms with E-state index >= 15 is 0 Å². The third-order valence-electron chi connectivity index (χ3n) is 7.78. The average Bonchev–Trinajstić information content (AvgIpc) is 3.61. The molecule has 8 aromatic rings. The molecule has 0 N–H and O–H groups in total. The molecule has 0 saturated carbocycles. The molecule has 0 fully saturated rings. The van der Waals surface area contributed by atoms with Gasteiger partial charge in [-0.15, -0.1) is 45.3 Å². The molecule has 0 aliphatic carbocycles.